The third-order valence-electron chi connectivity index (χ3n) is 5.26. The summed E-state index contributed by atoms with van der Waals surface area (Å²) in [5.74, 6) is 1.45. The van der Waals surface area contributed by atoms with Crippen LogP contribution in [0.25, 0.3) is 0 Å². The topological polar surface area (TPSA) is 65.8 Å². The molecule has 2 aromatic carbocycles. The van der Waals surface area contributed by atoms with Crippen LogP contribution in [0, 0.1) is 11.3 Å². The second-order valence-corrected chi connectivity index (χ2v) is 8.17. The quantitative estimate of drug-likeness (QED) is 0.581. The van der Waals surface area contributed by atoms with E-state index in [1.165, 1.54) is 0 Å². The van der Waals surface area contributed by atoms with E-state index in [2.05, 4.69) is 26.9 Å². The summed E-state index contributed by atoms with van der Waals surface area (Å²) < 4.78 is 12.2. The van der Waals surface area contributed by atoms with Crippen molar-refractivity contribution in [2.75, 3.05) is 44.3 Å². The predicted molar refractivity (Wildman–Crippen MR) is 125 cm³/mol. The molecule has 0 bridgehead atoms. The van der Waals surface area contributed by atoms with Gasteiger partial charge in [0.25, 0.3) is 0 Å². The highest BCUT2D eigenvalue weighted by molar-refractivity contribution is 9.10. The molecule has 0 atom stereocenters. The van der Waals surface area contributed by atoms with Crippen LogP contribution in [-0.4, -0.2) is 50.2 Å². The summed E-state index contributed by atoms with van der Waals surface area (Å²) in [6, 6.07) is 13.6. The molecule has 0 saturated carbocycles. The lowest BCUT2D eigenvalue weighted by atomic mass is 10.1. The van der Waals surface area contributed by atoms with E-state index in [0.29, 0.717) is 43.2 Å². The number of benzene rings is 2. The molecule has 1 amide bonds. The highest BCUT2D eigenvalue weighted by Crippen LogP contribution is 2.34. The van der Waals surface area contributed by atoms with Crippen LogP contribution in [0.5, 0.6) is 11.5 Å². The molecule has 1 saturated heterocycles. The van der Waals surface area contributed by atoms with Gasteiger partial charge in [-0.05, 0) is 62.2 Å². The number of ether oxygens (including phenoxy) is 2. The molecule has 164 valence electrons. The summed E-state index contributed by atoms with van der Waals surface area (Å²) in [7, 11) is 0. The first-order chi connectivity index (χ1) is 15.0. The molecule has 6 nitrogen and oxygen atoms in total. The maximum absolute atomic E-state index is 13.1. The molecule has 2 aromatic rings. The Labute approximate surface area is 192 Å². The van der Waals surface area contributed by atoms with Crippen molar-refractivity contribution in [3.8, 4) is 17.6 Å². The van der Waals surface area contributed by atoms with Crippen LogP contribution in [0.3, 0.4) is 0 Å². The average Bonchev–Trinajstić information content (AvgIpc) is 3.03. The fourth-order valence-corrected chi connectivity index (χ4v) is 4.16. The Kier molecular flexibility index (Phi) is 8.19. The Bertz CT molecular complexity index is 940. The van der Waals surface area contributed by atoms with Gasteiger partial charge in [0.1, 0.15) is 0 Å². The highest BCUT2D eigenvalue weighted by Gasteiger charge is 2.21. The summed E-state index contributed by atoms with van der Waals surface area (Å²) in [6.07, 6.45) is 1.21. The summed E-state index contributed by atoms with van der Waals surface area (Å²) in [4.78, 5) is 17.3. The Hall–Kier alpha value is -2.72. The van der Waals surface area contributed by atoms with Crippen LogP contribution in [0.4, 0.5) is 5.69 Å². The number of anilines is 1. The van der Waals surface area contributed by atoms with Gasteiger partial charge in [0.15, 0.2) is 11.5 Å². The number of amides is 1. The van der Waals surface area contributed by atoms with E-state index in [4.69, 9.17) is 14.7 Å². The number of nitrogens with zero attached hydrogens (tertiary/aromatic N) is 3. The van der Waals surface area contributed by atoms with Crippen LogP contribution in [0.15, 0.2) is 40.9 Å². The van der Waals surface area contributed by atoms with E-state index in [9.17, 15) is 4.79 Å². The van der Waals surface area contributed by atoms with Gasteiger partial charge in [0.2, 0.25) is 5.91 Å². The number of halogens is 1. The van der Waals surface area contributed by atoms with Crippen molar-refractivity contribution in [3.63, 3.8) is 0 Å². The molecule has 0 aliphatic carbocycles. The van der Waals surface area contributed by atoms with Crippen LogP contribution < -0.4 is 14.4 Å². The number of hydrogen-bond donors (Lipinski definition) is 0. The van der Waals surface area contributed by atoms with Gasteiger partial charge in [-0.25, -0.2) is 0 Å². The van der Waals surface area contributed by atoms with E-state index >= 15 is 0 Å². The van der Waals surface area contributed by atoms with Crippen LogP contribution >= 0.6 is 15.9 Å². The lowest BCUT2D eigenvalue weighted by Crippen LogP contribution is -2.36. The van der Waals surface area contributed by atoms with E-state index in [1.807, 2.05) is 55.1 Å². The van der Waals surface area contributed by atoms with Gasteiger partial charge in [-0.1, -0.05) is 15.9 Å². The largest absolute Gasteiger partial charge is 0.490 e. The van der Waals surface area contributed by atoms with Crippen molar-refractivity contribution in [2.24, 2.45) is 0 Å². The normalized spacial score (nSPS) is 14.0. The first-order valence-corrected chi connectivity index (χ1v) is 11.5. The van der Waals surface area contributed by atoms with Gasteiger partial charge in [0, 0.05) is 36.3 Å². The molecular weight excluding hydrogens is 458 g/mol. The van der Waals surface area contributed by atoms with Gasteiger partial charge < -0.3 is 19.3 Å². The average molecular weight is 486 g/mol. The molecule has 1 heterocycles. The third kappa shape index (κ3) is 5.92. The monoisotopic (exact) mass is 485 g/mol. The Balaban J connectivity index is 1.66. The minimum atomic E-state index is 0.106. The van der Waals surface area contributed by atoms with Gasteiger partial charge >= 0.3 is 0 Å². The molecule has 1 fully saturated rings. The second-order valence-electron chi connectivity index (χ2n) is 7.31. The molecule has 3 rings (SSSR count). The SMILES string of the molecule is CCOc1cc(Br)c(CC(=O)N2CCCN(c3ccc(C#N)cc3)CC2)cc1OCC. The van der Waals surface area contributed by atoms with Crippen LogP contribution in [0.2, 0.25) is 0 Å². The first-order valence-electron chi connectivity index (χ1n) is 10.7. The standard InChI is InChI=1S/C24H28BrN3O3/c1-3-30-22-14-19(21(25)16-23(22)31-4-2)15-24(29)28-11-5-10-27(12-13-28)20-8-6-18(17-26)7-9-20/h6-9,14,16H,3-5,10-13,15H2,1-2H3. The van der Waals surface area contributed by atoms with Gasteiger partial charge in [0.05, 0.1) is 31.3 Å². The van der Waals surface area contributed by atoms with Crippen molar-refractivity contribution in [2.45, 2.75) is 26.7 Å². The minimum Gasteiger partial charge on any atom is -0.490 e. The number of hydrogen-bond acceptors (Lipinski definition) is 5. The summed E-state index contributed by atoms with van der Waals surface area (Å²) in [5.41, 5.74) is 2.64. The first kappa shape index (κ1) is 23.0. The maximum Gasteiger partial charge on any atom is 0.227 e. The molecule has 0 radical (unpaired) electrons. The lowest BCUT2D eigenvalue weighted by Gasteiger charge is -2.24. The second kappa shape index (κ2) is 11.1. The third-order valence-corrected chi connectivity index (χ3v) is 6.00. The van der Waals surface area contributed by atoms with Gasteiger partial charge in [-0.15, -0.1) is 0 Å². The Morgan fingerprint density at radius 3 is 2.35 bits per heavy atom. The number of carbonyl (C=O) groups excluding carboxylic acids is 1. The molecule has 0 unspecified atom stereocenters. The molecule has 1 aliphatic heterocycles. The van der Waals surface area contributed by atoms with Gasteiger partial charge in [-0.3, -0.25) is 4.79 Å². The lowest BCUT2D eigenvalue weighted by molar-refractivity contribution is -0.130. The van der Waals surface area contributed by atoms with Gasteiger partial charge in [-0.2, -0.15) is 5.26 Å². The molecule has 31 heavy (non-hydrogen) atoms. The fraction of sp³-hybridized carbons (Fsp3) is 0.417. The molecule has 0 aromatic heterocycles. The maximum atomic E-state index is 13.1. The Morgan fingerprint density at radius 1 is 1.03 bits per heavy atom. The molecular formula is C24H28BrN3O3. The molecule has 1 aliphatic rings. The van der Waals surface area contributed by atoms with E-state index in [-0.39, 0.29) is 5.91 Å². The number of rotatable bonds is 7. The molecule has 7 heteroatoms. The predicted octanol–water partition coefficient (Wildman–Crippen LogP) is 4.40. The number of nitriles is 1. The highest BCUT2D eigenvalue weighted by atomic mass is 79.9. The summed E-state index contributed by atoms with van der Waals surface area (Å²) in [6.45, 7) is 8.01. The van der Waals surface area contributed by atoms with E-state index in [1.54, 1.807) is 0 Å². The minimum absolute atomic E-state index is 0.106. The van der Waals surface area contributed by atoms with E-state index in [0.717, 1.165) is 41.8 Å². The van der Waals surface area contributed by atoms with Crippen molar-refractivity contribution in [1.29, 1.82) is 5.26 Å². The van der Waals surface area contributed by atoms with E-state index < -0.39 is 0 Å². The zero-order valence-corrected chi connectivity index (χ0v) is 19.7. The van der Waals surface area contributed by atoms with Crippen molar-refractivity contribution in [3.05, 3.63) is 52.0 Å². The van der Waals surface area contributed by atoms with Crippen LogP contribution in [-0.2, 0) is 11.2 Å². The summed E-state index contributed by atoms with van der Waals surface area (Å²) in [5, 5.41) is 8.98. The van der Waals surface area contributed by atoms with Crippen LogP contribution in [0.1, 0.15) is 31.4 Å². The summed E-state index contributed by atoms with van der Waals surface area (Å²) >= 11 is 3.58. The molecule has 0 spiro atoms. The van der Waals surface area contributed by atoms with Crippen molar-refractivity contribution >= 4 is 27.5 Å². The van der Waals surface area contributed by atoms with Crippen molar-refractivity contribution in [1.82, 2.24) is 4.90 Å². The fourth-order valence-electron chi connectivity index (χ4n) is 3.70. The smallest absolute Gasteiger partial charge is 0.227 e. The number of carbonyl (C=O) groups is 1. The zero-order chi connectivity index (χ0) is 22.2. The zero-order valence-electron chi connectivity index (χ0n) is 18.1. The van der Waals surface area contributed by atoms with Crippen molar-refractivity contribution < 1.29 is 14.3 Å². The molecule has 0 N–H and O–H groups in total. The Morgan fingerprint density at radius 2 is 1.71 bits per heavy atom.